The number of carboxylic acids is 1. The summed E-state index contributed by atoms with van der Waals surface area (Å²) in [6.45, 7) is 10.6. The lowest BCUT2D eigenvalue weighted by Crippen LogP contribution is -2.29. The Bertz CT molecular complexity index is 711. The normalized spacial score (nSPS) is 13.1. The first-order valence-electron chi connectivity index (χ1n) is 10.6. The van der Waals surface area contributed by atoms with Gasteiger partial charge in [-0.3, -0.25) is 0 Å². The number of carbonyl (C=O) groups is 1. The maximum absolute atomic E-state index is 11.5. The molecule has 0 saturated carbocycles. The Labute approximate surface area is 176 Å². The van der Waals surface area contributed by atoms with E-state index in [1.807, 2.05) is 19.1 Å². The molecule has 0 aliphatic carbocycles. The molecule has 0 aromatic carbocycles. The average Bonchev–Trinajstić information content (AvgIpc) is 2.65. The summed E-state index contributed by atoms with van der Waals surface area (Å²) in [5.74, 6) is -0.219. The number of pyridine rings is 1. The third-order valence-electron chi connectivity index (χ3n) is 4.84. The highest BCUT2D eigenvalue weighted by atomic mass is 16.4. The summed E-state index contributed by atoms with van der Waals surface area (Å²) in [5.41, 5.74) is 5.27. The predicted octanol–water partition coefficient (Wildman–Crippen LogP) is 6.84. The van der Waals surface area contributed by atoms with Gasteiger partial charge in [-0.1, -0.05) is 41.0 Å². The van der Waals surface area contributed by atoms with Crippen LogP contribution in [0.4, 0.5) is 5.82 Å². The number of hydrogen-bond acceptors (Lipinski definition) is 3. The van der Waals surface area contributed by atoms with Gasteiger partial charge in [-0.05, 0) is 91.2 Å². The zero-order valence-electron chi connectivity index (χ0n) is 18.8. The van der Waals surface area contributed by atoms with E-state index >= 15 is 0 Å². The number of aliphatic carboxylic acids is 1. The second-order valence-electron chi connectivity index (χ2n) is 8.15. The van der Waals surface area contributed by atoms with Gasteiger partial charge in [0.25, 0.3) is 0 Å². The lowest BCUT2D eigenvalue weighted by atomic mass is 10.0. The van der Waals surface area contributed by atoms with Gasteiger partial charge in [-0.2, -0.15) is 0 Å². The van der Waals surface area contributed by atoms with Crippen LogP contribution in [-0.4, -0.2) is 22.1 Å². The van der Waals surface area contributed by atoms with Crippen molar-refractivity contribution in [3.63, 3.8) is 0 Å². The third kappa shape index (κ3) is 11.9. The van der Waals surface area contributed by atoms with Crippen molar-refractivity contribution >= 4 is 11.8 Å². The van der Waals surface area contributed by atoms with Crippen molar-refractivity contribution in [3.8, 4) is 0 Å². The second-order valence-corrected chi connectivity index (χ2v) is 8.15. The molecule has 0 saturated heterocycles. The number of unbranched alkanes of at least 4 members (excludes halogenated alkanes) is 1. The van der Waals surface area contributed by atoms with Gasteiger partial charge in [-0.15, -0.1) is 0 Å². The van der Waals surface area contributed by atoms with E-state index in [0.717, 1.165) is 44.1 Å². The van der Waals surface area contributed by atoms with Crippen LogP contribution in [0.2, 0.25) is 0 Å². The fourth-order valence-corrected chi connectivity index (χ4v) is 3.00. The van der Waals surface area contributed by atoms with Crippen LogP contribution in [0, 0.1) is 6.92 Å². The molecule has 1 rings (SSSR count). The van der Waals surface area contributed by atoms with Crippen LogP contribution in [0.3, 0.4) is 0 Å². The number of rotatable bonds is 13. The van der Waals surface area contributed by atoms with Gasteiger partial charge in [0.2, 0.25) is 0 Å². The average molecular weight is 399 g/mol. The number of hydrogen-bond donors (Lipinski definition) is 2. The largest absolute Gasteiger partial charge is 0.480 e. The summed E-state index contributed by atoms with van der Waals surface area (Å²) < 4.78 is 0. The molecule has 29 heavy (non-hydrogen) atoms. The van der Waals surface area contributed by atoms with Crippen molar-refractivity contribution < 1.29 is 9.90 Å². The molecule has 0 aliphatic rings. The van der Waals surface area contributed by atoms with Crippen molar-refractivity contribution in [3.05, 3.63) is 58.8 Å². The molecule has 1 unspecified atom stereocenters. The van der Waals surface area contributed by atoms with E-state index in [0.29, 0.717) is 12.2 Å². The summed E-state index contributed by atoms with van der Waals surface area (Å²) in [6.07, 6.45) is 15.3. The summed E-state index contributed by atoms with van der Waals surface area (Å²) in [5, 5.41) is 12.5. The quantitative estimate of drug-likeness (QED) is 0.282. The van der Waals surface area contributed by atoms with Crippen LogP contribution in [-0.2, 0) is 4.79 Å². The molecule has 2 N–H and O–H groups in total. The van der Waals surface area contributed by atoms with Crippen LogP contribution in [0.15, 0.2) is 53.3 Å². The number of aromatic nitrogens is 1. The summed E-state index contributed by atoms with van der Waals surface area (Å²) in [6, 6.07) is 3.15. The Morgan fingerprint density at radius 2 is 1.66 bits per heavy atom. The highest BCUT2D eigenvalue weighted by Gasteiger charge is 2.16. The van der Waals surface area contributed by atoms with Gasteiger partial charge >= 0.3 is 5.97 Å². The van der Waals surface area contributed by atoms with Crippen LogP contribution < -0.4 is 5.32 Å². The van der Waals surface area contributed by atoms with Gasteiger partial charge in [0.15, 0.2) is 0 Å². The number of nitrogens with one attached hydrogen (secondary N) is 1. The van der Waals surface area contributed by atoms with E-state index in [1.165, 1.54) is 16.7 Å². The van der Waals surface area contributed by atoms with Gasteiger partial charge in [0, 0.05) is 6.20 Å². The summed E-state index contributed by atoms with van der Waals surface area (Å²) >= 11 is 0. The Morgan fingerprint density at radius 3 is 2.21 bits per heavy atom. The smallest absolute Gasteiger partial charge is 0.326 e. The van der Waals surface area contributed by atoms with Crippen LogP contribution in [0.25, 0.3) is 0 Å². The van der Waals surface area contributed by atoms with Crippen molar-refractivity contribution in [2.24, 2.45) is 0 Å². The lowest BCUT2D eigenvalue weighted by molar-refractivity contribution is -0.138. The molecule has 1 aromatic rings. The fraction of sp³-hybridized carbons (Fsp3) is 0.520. The SMILES string of the molecule is CC(C)=CCCC(C)=CCCC(C)=CCCCC(Nc1ccc(C)cn1)C(=O)O. The molecule has 160 valence electrons. The zero-order valence-corrected chi connectivity index (χ0v) is 18.8. The predicted molar refractivity (Wildman–Crippen MR) is 123 cm³/mol. The molecular formula is C25H38N2O2. The Kier molecular flexibility index (Phi) is 11.7. The summed E-state index contributed by atoms with van der Waals surface area (Å²) in [7, 11) is 0. The minimum absolute atomic E-state index is 0.581. The van der Waals surface area contributed by atoms with Gasteiger partial charge < -0.3 is 10.4 Å². The van der Waals surface area contributed by atoms with Gasteiger partial charge in [0.05, 0.1) is 0 Å². The molecule has 4 heteroatoms. The van der Waals surface area contributed by atoms with Gasteiger partial charge in [0.1, 0.15) is 11.9 Å². The summed E-state index contributed by atoms with van der Waals surface area (Å²) in [4.78, 5) is 15.7. The fourth-order valence-electron chi connectivity index (χ4n) is 3.00. The number of aryl methyl sites for hydroxylation is 1. The topological polar surface area (TPSA) is 62.2 Å². The third-order valence-corrected chi connectivity index (χ3v) is 4.84. The second kappa shape index (κ2) is 13.8. The molecule has 0 radical (unpaired) electrons. The monoisotopic (exact) mass is 398 g/mol. The highest BCUT2D eigenvalue weighted by Crippen LogP contribution is 2.14. The molecule has 0 fully saturated rings. The van der Waals surface area contributed by atoms with E-state index in [1.54, 1.807) is 6.20 Å². The van der Waals surface area contributed by atoms with E-state index in [4.69, 9.17) is 0 Å². The number of allylic oxidation sites excluding steroid dienone is 6. The van der Waals surface area contributed by atoms with E-state index < -0.39 is 12.0 Å². The van der Waals surface area contributed by atoms with Crippen LogP contribution in [0.1, 0.15) is 78.2 Å². The first-order valence-corrected chi connectivity index (χ1v) is 10.6. The minimum Gasteiger partial charge on any atom is -0.480 e. The van der Waals surface area contributed by atoms with Crippen molar-refractivity contribution in [2.45, 2.75) is 85.6 Å². The molecule has 0 bridgehead atoms. The molecule has 1 atom stereocenters. The molecule has 1 heterocycles. The molecule has 4 nitrogen and oxygen atoms in total. The molecular weight excluding hydrogens is 360 g/mol. The van der Waals surface area contributed by atoms with E-state index in [-0.39, 0.29) is 0 Å². The maximum Gasteiger partial charge on any atom is 0.326 e. The molecule has 0 aliphatic heterocycles. The van der Waals surface area contributed by atoms with E-state index in [9.17, 15) is 9.90 Å². The molecule has 0 amide bonds. The van der Waals surface area contributed by atoms with Crippen LogP contribution >= 0.6 is 0 Å². The number of anilines is 1. The Balaban J connectivity index is 2.33. The molecule has 0 spiro atoms. The Hall–Kier alpha value is -2.36. The highest BCUT2D eigenvalue weighted by molar-refractivity contribution is 5.76. The number of carboxylic acid groups (broad SMARTS) is 1. The van der Waals surface area contributed by atoms with Crippen molar-refractivity contribution in [2.75, 3.05) is 5.32 Å². The first-order chi connectivity index (χ1) is 13.8. The van der Waals surface area contributed by atoms with Crippen molar-refractivity contribution in [1.29, 1.82) is 0 Å². The Morgan fingerprint density at radius 1 is 1.03 bits per heavy atom. The zero-order chi connectivity index (χ0) is 21.6. The maximum atomic E-state index is 11.5. The minimum atomic E-state index is -0.832. The van der Waals surface area contributed by atoms with Crippen molar-refractivity contribution in [1.82, 2.24) is 4.98 Å². The van der Waals surface area contributed by atoms with Crippen LogP contribution in [0.5, 0.6) is 0 Å². The number of nitrogens with zero attached hydrogens (tertiary/aromatic N) is 1. The molecule has 1 aromatic heterocycles. The lowest BCUT2D eigenvalue weighted by Gasteiger charge is -2.14. The van der Waals surface area contributed by atoms with Gasteiger partial charge in [-0.25, -0.2) is 9.78 Å². The van der Waals surface area contributed by atoms with E-state index in [2.05, 4.69) is 56.2 Å². The standard InChI is InChI=1S/C25H38N2O2/c1-19(2)10-8-12-21(4)14-9-13-20(3)11-6-7-15-23(25(28)29)27-24-17-16-22(5)18-26-24/h10-11,14,16-18,23H,6-9,12-13,15H2,1-5H3,(H,26,27)(H,28,29). The first kappa shape index (κ1) is 24.7.